The maximum Gasteiger partial charge on any atom is 0.269 e. The standard InChI is InChI=1S/C29H40N10O6/c30-10-18-44-20-21-45-19-12-31-26(41)22-2-4-23(5-3-22)33-28-34-27(32-11-1-17-40)35-29(36-28)38-15-13-37(14-16-38)24-6-8-25(9-7-24)39(42)43/h2-9,40H,1,10-21,30H2,(H,31,41)(H2,32,33,34,35,36). The molecule has 2 aromatic carbocycles. The first-order valence-corrected chi connectivity index (χ1v) is 14.8. The average Bonchev–Trinajstić information content (AvgIpc) is 3.06. The Hall–Kier alpha value is -4.64. The van der Waals surface area contributed by atoms with Crippen LogP contribution in [0.4, 0.5) is 34.9 Å². The molecule has 45 heavy (non-hydrogen) atoms. The third-order valence-corrected chi connectivity index (χ3v) is 6.80. The van der Waals surface area contributed by atoms with Crippen LogP contribution in [0.3, 0.4) is 0 Å². The van der Waals surface area contributed by atoms with Gasteiger partial charge in [0.1, 0.15) is 0 Å². The molecule has 0 atom stereocenters. The monoisotopic (exact) mass is 624 g/mol. The zero-order valence-corrected chi connectivity index (χ0v) is 25.1. The number of piperazine rings is 1. The Bertz CT molecular complexity index is 1350. The summed E-state index contributed by atoms with van der Waals surface area (Å²) in [5.41, 5.74) is 7.53. The minimum Gasteiger partial charge on any atom is -0.396 e. The predicted molar refractivity (Wildman–Crippen MR) is 170 cm³/mol. The lowest BCUT2D eigenvalue weighted by Crippen LogP contribution is -2.47. The van der Waals surface area contributed by atoms with Crippen LogP contribution >= 0.6 is 0 Å². The average molecular weight is 625 g/mol. The number of nitro groups is 1. The highest BCUT2D eigenvalue weighted by Gasteiger charge is 2.21. The molecule has 4 rings (SSSR count). The second-order valence-electron chi connectivity index (χ2n) is 10.0. The minimum atomic E-state index is -0.409. The summed E-state index contributed by atoms with van der Waals surface area (Å²) in [6.45, 7) is 5.76. The summed E-state index contributed by atoms with van der Waals surface area (Å²) >= 11 is 0. The lowest BCUT2D eigenvalue weighted by Gasteiger charge is -2.36. The minimum absolute atomic E-state index is 0.0395. The van der Waals surface area contributed by atoms with Crippen molar-refractivity contribution >= 4 is 40.8 Å². The molecule has 1 aromatic heterocycles. The third kappa shape index (κ3) is 10.5. The van der Waals surface area contributed by atoms with E-state index < -0.39 is 4.92 Å². The quantitative estimate of drug-likeness (QED) is 0.0770. The van der Waals surface area contributed by atoms with E-state index in [0.29, 0.717) is 108 Å². The van der Waals surface area contributed by atoms with Crippen molar-refractivity contribution < 1.29 is 24.3 Å². The lowest BCUT2D eigenvalue weighted by atomic mass is 10.2. The smallest absolute Gasteiger partial charge is 0.269 e. The zero-order valence-electron chi connectivity index (χ0n) is 25.1. The highest BCUT2D eigenvalue weighted by molar-refractivity contribution is 5.94. The number of benzene rings is 2. The summed E-state index contributed by atoms with van der Waals surface area (Å²) in [7, 11) is 0. The van der Waals surface area contributed by atoms with Gasteiger partial charge in [0.25, 0.3) is 11.6 Å². The van der Waals surface area contributed by atoms with Crippen molar-refractivity contribution in [1.29, 1.82) is 0 Å². The van der Waals surface area contributed by atoms with Gasteiger partial charge in [0, 0.05) is 81.5 Å². The number of carbonyl (C=O) groups excluding carboxylic acids is 1. The van der Waals surface area contributed by atoms with Gasteiger partial charge in [0.2, 0.25) is 17.8 Å². The summed E-state index contributed by atoms with van der Waals surface area (Å²) < 4.78 is 10.7. The van der Waals surface area contributed by atoms with Gasteiger partial charge in [-0.05, 0) is 42.8 Å². The van der Waals surface area contributed by atoms with Gasteiger partial charge in [-0.1, -0.05) is 0 Å². The van der Waals surface area contributed by atoms with Crippen LogP contribution in [0.25, 0.3) is 0 Å². The Balaban J connectivity index is 1.34. The predicted octanol–water partition coefficient (Wildman–Crippen LogP) is 1.37. The van der Waals surface area contributed by atoms with Crippen molar-refractivity contribution in [2.75, 3.05) is 99.3 Å². The van der Waals surface area contributed by atoms with Crippen LogP contribution in [-0.2, 0) is 9.47 Å². The number of non-ortho nitro benzene ring substituents is 1. The SMILES string of the molecule is NCCOCCOCCNC(=O)c1ccc(Nc2nc(NCCCO)nc(N3CCN(c4ccc([N+](=O)[O-])cc4)CC3)n2)cc1. The molecule has 3 aromatic rings. The van der Waals surface area contributed by atoms with Crippen molar-refractivity contribution in [3.63, 3.8) is 0 Å². The van der Waals surface area contributed by atoms with E-state index in [-0.39, 0.29) is 18.2 Å². The Morgan fingerprint density at radius 3 is 2.22 bits per heavy atom. The largest absolute Gasteiger partial charge is 0.396 e. The van der Waals surface area contributed by atoms with Crippen molar-refractivity contribution in [2.45, 2.75) is 6.42 Å². The summed E-state index contributed by atoms with van der Waals surface area (Å²) in [5.74, 6) is 0.980. The van der Waals surface area contributed by atoms with Gasteiger partial charge >= 0.3 is 0 Å². The first-order chi connectivity index (χ1) is 22.0. The van der Waals surface area contributed by atoms with Gasteiger partial charge < -0.3 is 46.1 Å². The molecule has 0 unspecified atom stereocenters. The van der Waals surface area contributed by atoms with Crippen molar-refractivity contribution in [2.24, 2.45) is 5.73 Å². The molecule has 6 N–H and O–H groups in total. The second-order valence-corrected chi connectivity index (χ2v) is 10.0. The molecule has 1 aliphatic rings. The number of aromatic nitrogens is 3. The fourth-order valence-corrected chi connectivity index (χ4v) is 4.45. The maximum atomic E-state index is 12.5. The van der Waals surface area contributed by atoms with E-state index in [1.54, 1.807) is 36.4 Å². The number of carbonyl (C=O) groups is 1. The van der Waals surface area contributed by atoms with Gasteiger partial charge in [-0.3, -0.25) is 14.9 Å². The lowest BCUT2D eigenvalue weighted by molar-refractivity contribution is -0.384. The van der Waals surface area contributed by atoms with Crippen molar-refractivity contribution in [3.8, 4) is 0 Å². The molecule has 16 nitrogen and oxygen atoms in total. The number of aliphatic hydroxyl groups excluding tert-OH is 1. The first kappa shape index (κ1) is 33.3. The molecule has 0 radical (unpaired) electrons. The number of nitro benzene ring substituents is 1. The van der Waals surface area contributed by atoms with E-state index in [1.165, 1.54) is 12.1 Å². The molecule has 1 fully saturated rings. The molecule has 1 amide bonds. The van der Waals surface area contributed by atoms with Crippen LogP contribution in [0.1, 0.15) is 16.8 Å². The number of aliphatic hydroxyl groups is 1. The molecule has 0 spiro atoms. The fraction of sp³-hybridized carbons (Fsp3) is 0.448. The number of rotatable bonds is 18. The van der Waals surface area contributed by atoms with Crippen LogP contribution in [0.2, 0.25) is 0 Å². The Morgan fingerprint density at radius 1 is 0.889 bits per heavy atom. The second kappa shape index (κ2) is 17.6. The van der Waals surface area contributed by atoms with Gasteiger partial charge in [0.15, 0.2) is 0 Å². The van der Waals surface area contributed by atoms with Gasteiger partial charge in [-0.25, -0.2) is 0 Å². The topological polar surface area (TPSA) is 206 Å². The normalized spacial score (nSPS) is 13.0. The number of hydrogen-bond donors (Lipinski definition) is 5. The highest BCUT2D eigenvalue weighted by atomic mass is 16.6. The number of amides is 1. The van der Waals surface area contributed by atoms with E-state index in [1.807, 2.05) is 0 Å². The molecule has 2 heterocycles. The molecule has 0 aliphatic carbocycles. The number of hydrogen-bond acceptors (Lipinski definition) is 14. The summed E-state index contributed by atoms with van der Waals surface area (Å²) in [4.78, 5) is 41.0. The maximum absolute atomic E-state index is 12.5. The highest BCUT2D eigenvalue weighted by Crippen LogP contribution is 2.23. The van der Waals surface area contributed by atoms with Crippen LogP contribution in [0, 0.1) is 10.1 Å². The van der Waals surface area contributed by atoms with Crippen molar-refractivity contribution in [1.82, 2.24) is 20.3 Å². The molecule has 0 saturated carbocycles. The number of nitrogens with one attached hydrogen (secondary N) is 3. The Labute approximate surface area is 261 Å². The van der Waals surface area contributed by atoms with Gasteiger partial charge in [-0.15, -0.1) is 0 Å². The number of ether oxygens (including phenoxy) is 2. The van der Waals surface area contributed by atoms with Crippen LogP contribution in [-0.4, -0.2) is 110 Å². The Kier molecular flexibility index (Phi) is 13.0. The molecule has 242 valence electrons. The molecule has 1 saturated heterocycles. The van der Waals surface area contributed by atoms with Crippen LogP contribution < -0.4 is 31.5 Å². The number of nitrogens with two attached hydrogens (primary N) is 1. The summed E-state index contributed by atoms with van der Waals surface area (Å²) in [5, 5.41) is 29.3. The fourth-order valence-electron chi connectivity index (χ4n) is 4.45. The number of nitrogens with zero attached hydrogens (tertiary/aromatic N) is 6. The molecule has 0 bridgehead atoms. The molecule has 16 heteroatoms. The third-order valence-electron chi connectivity index (χ3n) is 6.80. The molecular formula is C29H40N10O6. The van der Waals surface area contributed by atoms with Crippen LogP contribution in [0.5, 0.6) is 0 Å². The number of anilines is 5. The van der Waals surface area contributed by atoms with E-state index in [4.69, 9.17) is 15.2 Å². The summed E-state index contributed by atoms with van der Waals surface area (Å²) in [6, 6.07) is 13.5. The van der Waals surface area contributed by atoms with E-state index in [9.17, 15) is 20.0 Å². The Morgan fingerprint density at radius 2 is 1.56 bits per heavy atom. The van der Waals surface area contributed by atoms with Gasteiger partial charge in [0.05, 0.1) is 31.4 Å². The van der Waals surface area contributed by atoms with E-state index in [0.717, 1.165) is 5.69 Å². The zero-order chi connectivity index (χ0) is 31.9. The van der Waals surface area contributed by atoms with Gasteiger partial charge in [-0.2, -0.15) is 15.0 Å². The van der Waals surface area contributed by atoms with E-state index >= 15 is 0 Å². The van der Waals surface area contributed by atoms with E-state index in [2.05, 4.69) is 40.7 Å². The first-order valence-electron chi connectivity index (χ1n) is 14.8. The van der Waals surface area contributed by atoms with Crippen LogP contribution in [0.15, 0.2) is 48.5 Å². The summed E-state index contributed by atoms with van der Waals surface area (Å²) in [6.07, 6.45) is 0.538. The molecular weight excluding hydrogens is 584 g/mol. The molecule has 1 aliphatic heterocycles. The van der Waals surface area contributed by atoms with Crippen molar-refractivity contribution in [3.05, 3.63) is 64.2 Å².